The van der Waals surface area contributed by atoms with Crippen LogP contribution < -0.4 is 10.2 Å². The predicted octanol–water partition coefficient (Wildman–Crippen LogP) is 4.39. The second-order valence-corrected chi connectivity index (χ2v) is 11.6. The molecule has 1 N–H and O–H groups in total. The maximum atomic E-state index is 15.2. The average Bonchev–Trinajstić information content (AvgIpc) is 2.72. The van der Waals surface area contributed by atoms with Crippen LogP contribution in [0.3, 0.4) is 0 Å². The molecular weight excluding hydrogens is 460 g/mol. The Morgan fingerprint density at radius 3 is 2.44 bits per heavy atom. The van der Waals surface area contributed by atoms with E-state index in [1.807, 2.05) is 17.9 Å². The van der Waals surface area contributed by atoms with E-state index in [0.29, 0.717) is 41.3 Å². The number of rotatable bonds is 5. The number of anilines is 2. The zero-order valence-corrected chi connectivity index (χ0v) is 20.8. The van der Waals surface area contributed by atoms with E-state index in [2.05, 4.69) is 20.3 Å². The average molecular weight is 490 g/mol. The van der Waals surface area contributed by atoms with Crippen molar-refractivity contribution >= 4 is 32.4 Å². The van der Waals surface area contributed by atoms with Gasteiger partial charge in [-0.05, 0) is 40.7 Å². The van der Waals surface area contributed by atoms with Gasteiger partial charge in [0.25, 0.3) is 0 Å². The normalized spacial score (nSPS) is 17.1. The van der Waals surface area contributed by atoms with Crippen molar-refractivity contribution in [3.05, 3.63) is 52.7 Å². The third-order valence-corrected chi connectivity index (χ3v) is 7.75. The number of aromatic nitrogens is 3. The molecule has 1 saturated heterocycles. The first-order valence-corrected chi connectivity index (χ1v) is 13.0. The van der Waals surface area contributed by atoms with Gasteiger partial charge in [0.2, 0.25) is 0 Å². The Bertz CT molecular complexity index is 1340. The van der Waals surface area contributed by atoms with E-state index >= 15 is 4.39 Å². The van der Waals surface area contributed by atoms with Crippen LogP contribution in [0.5, 0.6) is 0 Å². The molecule has 1 aliphatic rings. The van der Waals surface area contributed by atoms with E-state index < -0.39 is 27.4 Å². The predicted molar refractivity (Wildman–Crippen MR) is 130 cm³/mol. The van der Waals surface area contributed by atoms with Crippen LogP contribution in [0.15, 0.2) is 24.3 Å². The van der Waals surface area contributed by atoms with Crippen molar-refractivity contribution in [2.24, 2.45) is 0 Å². The molecule has 182 valence electrons. The van der Waals surface area contributed by atoms with Crippen molar-refractivity contribution in [1.82, 2.24) is 15.0 Å². The summed E-state index contributed by atoms with van der Waals surface area (Å²) >= 11 is 0. The van der Waals surface area contributed by atoms with Gasteiger partial charge in [-0.25, -0.2) is 32.2 Å². The molecule has 1 atom stereocenters. The number of aryl methyl sites for hydroxylation is 2. The van der Waals surface area contributed by atoms with Gasteiger partial charge in [0.05, 0.1) is 34.3 Å². The van der Waals surface area contributed by atoms with Crippen molar-refractivity contribution < 1.29 is 17.2 Å². The van der Waals surface area contributed by atoms with Gasteiger partial charge < -0.3 is 10.2 Å². The first-order chi connectivity index (χ1) is 15.9. The van der Waals surface area contributed by atoms with Crippen LogP contribution in [0.25, 0.3) is 11.0 Å². The number of nitrogens with one attached hydrogen (secondary N) is 1. The van der Waals surface area contributed by atoms with Gasteiger partial charge in [0, 0.05) is 24.2 Å². The molecule has 0 spiro atoms. The van der Waals surface area contributed by atoms with Gasteiger partial charge in [0.15, 0.2) is 15.5 Å². The van der Waals surface area contributed by atoms with Crippen LogP contribution in [0, 0.1) is 19.7 Å². The molecule has 7 nitrogen and oxygen atoms in total. The molecule has 34 heavy (non-hydrogen) atoms. The van der Waals surface area contributed by atoms with E-state index in [9.17, 15) is 12.8 Å². The van der Waals surface area contributed by atoms with Gasteiger partial charge in [-0.15, -0.1) is 0 Å². The lowest BCUT2D eigenvalue weighted by Crippen LogP contribution is -2.40. The number of sulfone groups is 1. The number of benzene rings is 1. The Kier molecular flexibility index (Phi) is 6.22. The first-order valence-electron chi connectivity index (χ1n) is 11.2. The van der Waals surface area contributed by atoms with Crippen LogP contribution in [-0.2, 0) is 15.5 Å². The maximum absolute atomic E-state index is 15.2. The molecule has 3 heterocycles. The van der Waals surface area contributed by atoms with Gasteiger partial charge in [0.1, 0.15) is 23.1 Å². The summed E-state index contributed by atoms with van der Waals surface area (Å²) in [6.45, 7) is 8.84. The topological polar surface area (TPSA) is 88.1 Å². The van der Waals surface area contributed by atoms with E-state index in [1.165, 1.54) is 19.9 Å². The maximum Gasteiger partial charge on any atom is 0.165 e. The summed E-state index contributed by atoms with van der Waals surface area (Å²) < 4.78 is 53.4. The molecule has 1 aromatic carbocycles. The smallest absolute Gasteiger partial charge is 0.165 e. The number of fused-ring (bicyclic) bond motifs is 1. The lowest BCUT2D eigenvalue weighted by atomic mass is 9.95. The van der Waals surface area contributed by atoms with E-state index in [4.69, 9.17) is 0 Å². The largest absolute Gasteiger partial charge is 0.368 e. The molecule has 0 saturated carbocycles. The highest BCUT2D eigenvalue weighted by Gasteiger charge is 2.27. The highest BCUT2D eigenvalue weighted by molar-refractivity contribution is 7.91. The Morgan fingerprint density at radius 2 is 1.79 bits per heavy atom. The highest BCUT2D eigenvalue weighted by atomic mass is 32.2. The van der Waals surface area contributed by atoms with Gasteiger partial charge >= 0.3 is 0 Å². The molecule has 2 aromatic heterocycles. The number of pyridine rings is 1. The van der Waals surface area contributed by atoms with Crippen molar-refractivity contribution in [2.45, 2.75) is 46.3 Å². The summed E-state index contributed by atoms with van der Waals surface area (Å²) in [7, 11) is -3.02. The number of hydrogen-bond donors (Lipinski definition) is 1. The molecule has 0 radical (unpaired) electrons. The summed E-state index contributed by atoms with van der Waals surface area (Å²) in [5.41, 5.74) is 0.574. The minimum atomic E-state index is -3.02. The zero-order valence-electron chi connectivity index (χ0n) is 20.0. The molecule has 4 rings (SSSR count). The van der Waals surface area contributed by atoms with E-state index in [0.717, 1.165) is 11.4 Å². The standard InChI is InChI=1S/C24H29F2N5O2S/c1-14(17-7-6-8-19(21(17)25)24(4,5)26)27-22-18-13-20(31-9-11-34(32,33)12-10-31)15(2)28-23(18)30-16(3)29-22/h6-8,13-14H,9-12H2,1-5H3,(H,27,28,29,30)/t14-/m1/s1. The number of hydrogen-bond acceptors (Lipinski definition) is 7. The molecule has 3 aromatic rings. The number of halogens is 2. The molecule has 1 aliphatic heterocycles. The molecule has 0 unspecified atom stereocenters. The van der Waals surface area contributed by atoms with E-state index in [1.54, 1.807) is 26.0 Å². The van der Waals surface area contributed by atoms with Crippen molar-refractivity contribution in [3.63, 3.8) is 0 Å². The fourth-order valence-corrected chi connectivity index (χ4v) is 5.45. The number of alkyl halides is 1. The molecule has 0 aliphatic carbocycles. The fraction of sp³-hybridized carbons (Fsp3) is 0.458. The summed E-state index contributed by atoms with van der Waals surface area (Å²) in [5.74, 6) is 0.590. The second kappa shape index (κ2) is 8.72. The Hall–Kier alpha value is -2.88. The molecular formula is C24H29F2N5O2S. The van der Waals surface area contributed by atoms with Gasteiger partial charge in [-0.3, -0.25) is 0 Å². The first kappa shape index (κ1) is 24.3. The van der Waals surface area contributed by atoms with Crippen molar-refractivity contribution in [2.75, 3.05) is 34.8 Å². The Balaban J connectivity index is 1.73. The third kappa shape index (κ3) is 4.82. The monoisotopic (exact) mass is 489 g/mol. The van der Waals surface area contributed by atoms with Crippen LogP contribution in [0.4, 0.5) is 20.3 Å². The van der Waals surface area contributed by atoms with Gasteiger partial charge in [-0.2, -0.15) is 0 Å². The zero-order chi connectivity index (χ0) is 24.8. The highest BCUT2D eigenvalue weighted by Crippen LogP contribution is 2.33. The van der Waals surface area contributed by atoms with Gasteiger partial charge in [-0.1, -0.05) is 18.2 Å². The molecule has 0 bridgehead atoms. The molecule has 1 fully saturated rings. The van der Waals surface area contributed by atoms with Crippen molar-refractivity contribution in [1.29, 1.82) is 0 Å². The van der Waals surface area contributed by atoms with Crippen LogP contribution in [0.1, 0.15) is 49.5 Å². The van der Waals surface area contributed by atoms with Crippen molar-refractivity contribution in [3.8, 4) is 0 Å². The lowest BCUT2D eigenvalue weighted by Gasteiger charge is -2.30. The van der Waals surface area contributed by atoms with Crippen LogP contribution >= 0.6 is 0 Å². The molecule has 10 heteroatoms. The van der Waals surface area contributed by atoms with E-state index in [-0.39, 0.29) is 17.1 Å². The quantitative estimate of drug-likeness (QED) is 0.569. The summed E-state index contributed by atoms with van der Waals surface area (Å²) in [4.78, 5) is 15.6. The van der Waals surface area contributed by atoms with Crippen LogP contribution in [0.2, 0.25) is 0 Å². The second-order valence-electron chi connectivity index (χ2n) is 9.27. The minimum Gasteiger partial charge on any atom is -0.368 e. The summed E-state index contributed by atoms with van der Waals surface area (Å²) in [6, 6.07) is 6.12. The molecule has 0 amide bonds. The lowest BCUT2D eigenvalue weighted by molar-refractivity contribution is 0.213. The third-order valence-electron chi connectivity index (χ3n) is 6.14. The number of nitrogens with zero attached hydrogens (tertiary/aromatic N) is 4. The fourth-order valence-electron chi connectivity index (χ4n) is 4.25. The minimum absolute atomic E-state index is 0.00186. The van der Waals surface area contributed by atoms with Crippen LogP contribution in [-0.4, -0.2) is 48.0 Å². The summed E-state index contributed by atoms with van der Waals surface area (Å²) in [5, 5.41) is 3.90. The summed E-state index contributed by atoms with van der Waals surface area (Å²) in [6.07, 6.45) is 0. The Morgan fingerprint density at radius 1 is 1.12 bits per heavy atom. The Labute approximate surface area is 198 Å². The SMILES string of the molecule is Cc1nc(N[C@H](C)c2cccc(C(C)(C)F)c2F)c2cc(N3CCS(=O)(=O)CC3)c(C)nc2n1.